The van der Waals surface area contributed by atoms with Crippen LogP contribution in [0.1, 0.15) is 33.6 Å². The highest BCUT2D eigenvalue weighted by Gasteiger charge is 2.32. The minimum absolute atomic E-state index is 0.0976. The number of carbonyl (C=O) groups excluding carboxylic acids is 1. The summed E-state index contributed by atoms with van der Waals surface area (Å²) in [4.78, 5) is 24.4. The van der Waals surface area contributed by atoms with E-state index >= 15 is 0 Å². The average molecular weight is 499 g/mol. The number of rotatable bonds is 7. The van der Waals surface area contributed by atoms with Gasteiger partial charge in [-0.05, 0) is 70.0 Å². The number of aromatic amines is 1. The van der Waals surface area contributed by atoms with E-state index in [4.69, 9.17) is 0 Å². The lowest BCUT2D eigenvalue weighted by molar-refractivity contribution is -0.109. The zero-order chi connectivity index (χ0) is 25.4. The predicted octanol–water partition coefficient (Wildman–Crippen LogP) is 3.82. The summed E-state index contributed by atoms with van der Waals surface area (Å²) in [6.07, 6.45) is 5.46. The zero-order valence-corrected chi connectivity index (χ0v) is 21.7. The molecule has 188 valence electrons. The van der Waals surface area contributed by atoms with Gasteiger partial charge in [-0.3, -0.25) is 4.72 Å². The van der Waals surface area contributed by atoms with Crippen LogP contribution in [0.4, 0.5) is 23.0 Å². The van der Waals surface area contributed by atoms with Crippen molar-refractivity contribution < 1.29 is 13.2 Å². The molecule has 9 nitrogen and oxygen atoms in total. The van der Waals surface area contributed by atoms with Crippen LogP contribution in [0.25, 0.3) is 10.9 Å². The number of H-pyrrole nitrogens is 1. The summed E-state index contributed by atoms with van der Waals surface area (Å²) in [6.45, 7) is 7.05. The number of aldehydes is 1. The Bertz CT molecular complexity index is 1310. The number of nitrogens with zero attached hydrogens (tertiary/aromatic N) is 3. The molecule has 0 saturated carbocycles. The molecule has 0 spiro atoms. The standard InChI is InChI=1S/C25H34N6O3S/c1-25(2,3)28-22-7-6-11-26-24(22)30(4)19-10-12-31(20(15-19)16-32)23-14-17-13-18(29-35(5,33)34)8-9-21(17)27-23/h6-9,11,13-14,16,19-20,27-29H,10,12,15H2,1-5H3. The minimum Gasteiger partial charge on any atom is -0.377 e. The summed E-state index contributed by atoms with van der Waals surface area (Å²) in [5, 5.41) is 4.41. The lowest BCUT2D eigenvalue weighted by Gasteiger charge is -2.41. The molecular formula is C25H34N6O3S. The maximum atomic E-state index is 12.2. The van der Waals surface area contributed by atoms with E-state index in [1.807, 2.05) is 31.3 Å². The molecule has 3 aromatic rings. The summed E-state index contributed by atoms with van der Waals surface area (Å²) < 4.78 is 25.6. The molecule has 1 fully saturated rings. The lowest BCUT2D eigenvalue weighted by Crippen LogP contribution is -2.50. The van der Waals surface area contributed by atoms with Gasteiger partial charge in [0.15, 0.2) is 5.82 Å². The van der Waals surface area contributed by atoms with Crippen LogP contribution < -0.4 is 19.8 Å². The van der Waals surface area contributed by atoms with Crippen LogP contribution >= 0.6 is 0 Å². The highest BCUT2D eigenvalue weighted by atomic mass is 32.2. The van der Waals surface area contributed by atoms with E-state index in [9.17, 15) is 13.2 Å². The predicted molar refractivity (Wildman–Crippen MR) is 143 cm³/mol. The van der Waals surface area contributed by atoms with Crippen LogP contribution in [0.2, 0.25) is 0 Å². The number of hydrogen-bond acceptors (Lipinski definition) is 7. The van der Waals surface area contributed by atoms with Gasteiger partial charge in [-0.25, -0.2) is 13.4 Å². The smallest absolute Gasteiger partial charge is 0.229 e. The molecule has 1 aromatic carbocycles. The molecule has 3 heterocycles. The third-order valence-electron chi connectivity index (χ3n) is 6.17. The van der Waals surface area contributed by atoms with Crippen molar-refractivity contribution >= 4 is 50.2 Å². The lowest BCUT2D eigenvalue weighted by atomic mass is 9.96. The normalized spacial score (nSPS) is 18.9. The number of benzene rings is 1. The SMILES string of the molecule is CN(c1ncccc1NC(C)(C)C)C1CCN(c2cc3cc(NS(C)(=O)=O)ccc3[nH]2)C(C=O)C1. The molecule has 2 aromatic heterocycles. The number of piperidine rings is 1. The molecule has 0 amide bonds. The summed E-state index contributed by atoms with van der Waals surface area (Å²) >= 11 is 0. The van der Waals surface area contributed by atoms with Gasteiger partial charge in [-0.2, -0.15) is 0 Å². The van der Waals surface area contributed by atoms with E-state index in [0.717, 1.165) is 47.2 Å². The molecule has 0 bridgehead atoms. The fraction of sp³-hybridized carbons (Fsp3) is 0.440. The molecule has 1 saturated heterocycles. The van der Waals surface area contributed by atoms with Crippen molar-refractivity contribution in [3.63, 3.8) is 0 Å². The molecule has 2 unspecified atom stereocenters. The fourth-order valence-electron chi connectivity index (χ4n) is 4.66. The second-order valence-corrected chi connectivity index (χ2v) is 12.0. The Hall–Kier alpha value is -3.27. The largest absolute Gasteiger partial charge is 0.377 e. The molecule has 4 rings (SSSR count). The quantitative estimate of drug-likeness (QED) is 0.425. The summed E-state index contributed by atoms with van der Waals surface area (Å²) in [6, 6.07) is 11.1. The number of anilines is 4. The number of nitrogens with one attached hydrogen (secondary N) is 3. The Kier molecular flexibility index (Phi) is 6.68. The van der Waals surface area contributed by atoms with Crippen molar-refractivity contribution in [3.05, 3.63) is 42.6 Å². The minimum atomic E-state index is -3.35. The van der Waals surface area contributed by atoms with Crippen molar-refractivity contribution in [1.29, 1.82) is 0 Å². The van der Waals surface area contributed by atoms with Crippen LogP contribution in [0.15, 0.2) is 42.6 Å². The van der Waals surface area contributed by atoms with Gasteiger partial charge < -0.3 is 24.9 Å². The topological polar surface area (TPSA) is 110 Å². The molecular weight excluding hydrogens is 464 g/mol. The first-order valence-corrected chi connectivity index (χ1v) is 13.6. The highest BCUT2D eigenvalue weighted by Crippen LogP contribution is 2.33. The van der Waals surface area contributed by atoms with E-state index in [1.54, 1.807) is 18.3 Å². The molecule has 1 aliphatic heterocycles. The van der Waals surface area contributed by atoms with Crippen LogP contribution in [0.3, 0.4) is 0 Å². The first-order valence-electron chi connectivity index (χ1n) is 11.7. The van der Waals surface area contributed by atoms with Crippen molar-refractivity contribution in [2.45, 2.75) is 51.2 Å². The molecule has 1 aliphatic rings. The summed E-state index contributed by atoms with van der Waals surface area (Å²) in [5.74, 6) is 1.73. The van der Waals surface area contributed by atoms with E-state index in [1.165, 1.54) is 0 Å². The molecule has 0 aliphatic carbocycles. The number of carbonyl (C=O) groups is 1. The molecule has 2 atom stereocenters. The average Bonchev–Trinajstić information content (AvgIpc) is 3.19. The number of sulfonamides is 1. The van der Waals surface area contributed by atoms with Gasteiger partial charge in [0.2, 0.25) is 10.0 Å². The van der Waals surface area contributed by atoms with Gasteiger partial charge in [0.25, 0.3) is 0 Å². The second kappa shape index (κ2) is 9.41. The van der Waals surface area contributed by atoms with Crippen molar-refractivity contribution in [2.24, 2.45) is 0 Å². The third kappa shape index (κ3) is 5.87. The van der Waals surface area contributed by atoms with Crippen LogP contribution in [0.5, 0.6) is 0 Å². The Morgan fingerprint density at radius 1 is 1.23 bits per heavy atom. The second-order valence-electron chi connectivity index (χ2n) is 10.3. The number of fused-ring (bicyclic) bond motifs is 1. The van der Waals surface area contributed by atoms with Gasteiger partial charge in [-0.15, -0.1) is 0 Å². The van der Waals surface area contributed by atoms with Crippen LogP contribution in [-0.4, -0.2) is 62.1 Å². The number of aromatic nitrogens is 2. The molecule has 35 heavy (non-hydrogen) atoms. The summed E-state index contributed by atoms with van der Waals surface area (Å²) in [5.41, 5.74) is 2.27. The van der Waals surface area contributed by atoms with Gasteiger partial charge in [0, 0.05) is 48.0 Å². The fourth-order valence-corrected chi connectivity index (χ4v) is 5.21. The van der Waals surface area contributed by atoms with Gasteiger partial charge in [0.1, 0.15) is 12.1 Å². The van der Waals surface area contributed by atoms with Gasteiger partial charge in [-0.1, -0.05) is 0 Å². The van der Waals surface area contributed by atoms with E-state index < -0.39 is 10.0 Å². The van der Waals surface area contributed by atoms with Gasteiger partial charge >= 0.3 is 0 Å². The maximum absolute atomic E-state index is 12.2. The Labute approximate surface area is 207 Å². The zero-order valence-electron chi connectivity index (χ0n) is 20.9. The monoisotopic (exact) mass is 498 g/mol. The third-order valence-corrected chi connectivity index (χ3v) is 6.78. The highest BCUT2D eigenvalue weighted by molar-refractivity contribution is 7.92. The van der Waals surface area contributed by atoms with E-state index in [2.05, 4.69) is 50.6 Å². The van der Waals surface area contributed by atoms with E-state index in [0.29, 0.717) is 18.7 Å². The van der Waals surface area contributed by atoms with Crippen molar-refractivity contribution in [1.82, 2.24) is 9.97 Å². The Balaban J connectivity index is 1.53. The summed E-state index contributed by atoms with van der Waals surface area (Å²) in [7, 11) is -1.31. The van der Waals surface area contributed by atoms with Crippen molar-refractivity contribution in [3.8, 4) is 0 Å². The number of hydrogen-bond donors (Lipinski definition) is 3. The van der Waals surface area contributed by atoms with Crippen LogP contribution in [-0.2, 0) is 14.8 Å². The maximum Gasteiger partial charge on any atom is 0.229 e. The Morgan fingerprint density at radius 3 is 2.69 bits per heavy atom. The molecule has 0 radical (unpaired) electrons. The first kappa shape index (κ1) is 24.8. The van der Waals surface area contributed by atoms with Crippen molar-refractivity contribution in [2.75, 3.05) is 39.7 Å². The molecule has 10 heteroatoms. The van der Waals surface area contributed by atoms with Crippen LogP contribution in [0, 0.1) is 0 Å². The molecule has 3 N–H and O–H groups in total. The first-order chi connectivity index (χ1) is 16.4. The number of pyridine rings is 1. The van der Waals surface area contributed by atoms with E-state index in [-0.39, 0.29) is 17.6 Å². The van der Waals surface area contributed by atoms with Gasteiger partial charge in [0.05, 0.1) is 18.0 Å². The Morgan fingerprint density at radius 2 is 2.00 bits per heavy atom.